The molecule has 9 aromatic carbocycles. The van der Waals surface area contributed by atoms with Crippen molar-refractivity contribution >= 4 is 75.9 Å². The lowest BCUT2D eigenvalue weighted by Crippen LogP contribution is -1.95. The maximum atomic E-state index is 2.46. The van der Waals surface area contributed by atoms with E-state index in [1.807, 2.05) is 0 Å². The first-order chi connectivity index (χ1) is 24.8. The maximum absolute atomic E-state index is 2.46. The van der Waals surface area contributed by atoms with Gasteiger partial charge in [0.05, 0.1) is 22.1 Å². The highest BCUT2D eigenvalue weighted by Crippen LogP contribution is 2.42. The van der Waals surface area contributed by atoms with Gasteiger partial charge in [0, 0.05) is 32.9 Å². The van der Waals surface area contributed by atoms with Gasteiger partial charge in [0.1, 0.15) is 0 Å². The van der Waals surface area contributed by atoms with Crippen LogP contribution in [0.25, 0.3) is 98.4 Å². The van der Waals surface area contributed by atoms with Crippen LogP contribution in [-0.4, -0.2) is 9.13 Å². The highest BCUT2D eigenvalue weighted by molar-refractivity contribution is 6.27. The van der Waals surface area contributed by atoms with E-state index in [9.17, 15) is 0 Å². The monoisotopic (exact) mass is 634 g/mol. The van der Waals surface area contributed by atoms with Crippen molar-refractivity contribution in [2.24, 2.45) is 0 Å². The minimum Gasteiger partial charge on any atom is -0.309 e. The lowest BCUT2D eigenvalue weighted by molar-refractivity contribution is 1.18. The smallest absolute Gasteiger partial charge is 0.0547 e. The van der Waals surface area contributed by atoms with Crippen molar-refractivity contribution in [2.45, 2.75) is 0 Å². The third-order valence-corrected chi connectivity index (χ3v) is 10.6. The summed E-state index contributed by atoms with van der Waals surface area (Å²) in [6, 6.07) is 66.7. The first kappa shape index (κ1) is 27.3. The van der Waals surface area contributed by atoms with E-state index >= 15 is 0 Å². The number of fused-ring (bicyclic) bond motifs is 11. The van der Waals surface area contributed by atoms with Crippen LogP contribution in [0.3, 0.4) is 0 Å². The molecule has 0 atom stereocenters. The third kappa shape index (κ3) is 3.85. The van der Waals surface area contributed by atoms with E-state index in [4.69, 9.17) is 0 Å². The molecule has 0 unspecified atom stereocenters. The summed E-state index contributed by atoms with van der Waals surface area (Å²) in [6.45, 7) is 0. The third-order valence-electron chi connectivity index (χ3n) is 10.6. The van der Waals surface area contributed by atoms with Gasteiger partial charge in [-0.15, -0.1) is 0 Å². The van der Waals surface area contributed by atoms with E-state index in [-0.39, 0.29) is 0 Å². The molecule has 2 heterocycles. The van der Waals surface area contributed by atoms with Crippen molar-refractivity contribution in [1.82, 2.24) is 9.13 Å². The fourth-order valence-corrected chi connectivity index (χ4v) is 8.48. The lowest BCUT2D eigenvalue weighted by Gasteiger charge is -2.14. The van der Waals surface area contributed by atoms with Crippen LogP contribution >= 0.6 is 0 Å². The molecule has 2 nitrogen and oxygen atoms in total. The Hall–Kier alpha value is -6.64. The molecule has 2 heteroatoms. The van der Waals surface area contributed by atoms with E-state index in [1.54, 1.807) is 0 Å². The second-order valence-corrected chi connectivity index (χ2v) is 13.3. The highest BCUT2D eigenvalue weighted by atomic mass is 15.0. The fraction of sp³-hybridized carbons (Fsp3) is 0. The number of rotatable bonds is 3. The second-order valence-electron chi connectivity index (χ2n) is 13.3. The molecule has 0 saturated heterocycles. The molecule has 0 N–H and O–H groups in total. The predicted molar refractivity (Wildman–Crippen MR) is 213 cm³/mol. The Morgan fingerprint density at radius 3 is 1.72 bits per heavy atom. The van der Waals surface area contributed by atoms with Crippen LogP contribution in [0, 0.1) is 0 Å². The van der Waals surface area contributed by atoms with Gasteiger partial charge in [0.2, 0.25) is 0 Å². The van der Waals surface area contributed by atoms with Crippen molar-refractivity contribution in [3.63, 3.8) is 0 Å². The molecule has 0 fully saturated rings. The molecule has 11 aromatic rings. The molecule has 232 valence electrons. The number of aromatic nitrogens is 2. The number of benzene rings is 9. The van der Waals surface area contributed by atoms with E-state index < -0.39 is 0 Å². The average molecular weight is 635 g/mol. The zero-order chi connectivity index (χ0) is 32.8. The molecule has 11 rings (SSSR count). The predicted octanol–water partition coefficient (Wildman–Crippen LogP) is 13.0. The van der Waals surface area contributed by atoms with Gasteiger partial charge in [0.25, 0.3) is 0 Å². The summed E-state index contributed by atoms with van der Waals surface area (Å²) in [7, 11) is 0. The van der Waals surface area contributed by atoms with E-state index in [0.29, 0.717) is 0 Å². The molecular weight excluding hydrogens is 605 g/mol. The molecule has 0 aliphatic carbocycles. The van der Waals surface area contributed by atoms with E-state index in [1.165, 1.54) is 98.4 Å². The van der Waals surface area contributed by atoms with Crippen LogP contribution in [0.1, 0.15) is 0 Å². The molecule has 0 spiro atoms. The van der Waals surface area contributed by atoms with Crippen LogP contribution in [0.2, 0.25) is 0 Å². The molecule has 0 radical (unpaired) electrons. The normalized spacial score (nSPS) is 12.0. The zero-order valence-corrected chi connectivity index (χ0v) is 27.2. The van der Waals surface area contributed by atoms with Crippen LogP contribution < -0.4 is 0 Å². The maximum Gasteiger partial charge on any atom is 0.0547 e. The van der Waals surface area contributed by atoms with Crippen LogP contribution in [0.4, 0.5) is 0 Å². The van der Waals surface area contributed by atoms with Gasteiger partial charge in [-0.05, 0) is 98.0 Å². The molecule has 50 heavy (non-hydrogen) atoms. The zero-order valence-electron chi connectivity index (χ0n) is 27.2. The molecule has 0 saturated carbocycles. The SMILES string of the molecule is c1ccc(-c2cc(-n3c4ccccc4c4c5ccc6cc7c(cc6c5ccc43)c3ccccc3n7-c3ccccc3)cc3ccccc23)cc1. The Kier molecular flexibility index (Phi) is 5.70. The van der Waals surface area contributed by atoms with Gasteiger partial charge in [-0.1, -0.05) is 127 Å². The molecule has 0 bridgehead atoms. The Bertz CT molecular complexity index is 3130. The van der Waals surface area contributed by atoms with Gasteiger partial charge >= 0.3 is 0 Å². The Labute approximate surface area is 288 Å². The summed E-state index contributed by atoms with van der Waals surface area (Å²) in [4.78, 5) is 0. The van der Waals surface area contributed by atoms with Crippen molar-refractivity contribution in [3.8, 4) is 22.5 Å². The number of nitrogens with zero attached hydrogens (tertiary/aromatic N) is 2. The van der Waals surface area contributed by atoms with Crippen molar-refractivity contribution in [3.05, 3.63) is 182 Å². The minimum absolute atomic E-state index is 1.17. The van der Waals surface area contributed by atoms with Crippen molar-refractivity contribution in [1.29, 1.82) is 0 Å². The number of hydrogen-bond donors (Lipinski definition) is 0. The van der Waals surface area contributed by atoms with Gasteiger partial charge < -0.3 is 9.13 Å². The standard InChI is InChI=1S/C48H30N2/c1-3-13-31(14-4-1)41-29-35(27-32-15-7-8-18-36(32)41)50-45-22-12-10-20-40(45)48-39-24-23-33-28-47-43(30-42(33)37(39)25-26-46(48)50)38-19-9-11-21-44(38)49(47)34-16-5-2-6-17-34/h1-30H. The van der Waals surface area contributed by atoms with Gasteiger partial charge in [-0.25, -0.2) is 0 Å². The summed E-state index contributed by atoms with van der Waals surface area (Å²) < 4.78 is 4.86. The summed E-state index contributed by atoms with van der Waals surface area (Å²) in [5.74, 6) is 0. The van der Waals surface area contributed by atoms with Gasteiger partial charge in [-0.2, -0.15) is 0 Å². The van der Waals surface area contributed by atoms with Crippen LogP contribution in [-0.2, 0) is 0 Å². The topological polar surface area (TPSA) is 9.86 Å². The lowest BCUT2D eigenvalue weighted by atomic mass is 9.96. The fourth-order valence-electron chi connectivity index (χ4n) is 8.48. The van der Waals surface area contributed by atoms with Gasteiger partial charge in [-0.3, -0.25) is 0 Å². The van der Waals surface area contributed by atoms with Crippen molar-refractivity contribution in [2.75, 3.05) is 0 Å². The molecular formula is C48H30N2. The Morgan fingerprint density at radius 1 is 0.280 bits per heavy atom. The molecule has 2 aromatic heterocycles. The summed E-state index contributed by atoms with van der Waals surface area (Å²) in [5.41, 5.74) is 9.71. The summed E-state index contributed by atoms with van der Waals surface area (Å²) in [6.07, 6.45) is 0. The molecule has 0 aliphatic rings. The van der Waals surface area contributed by atoms with Gasteiger partial charge in [0.15, 0.2) is 0 Å². The molecule has 0 aliphatic heterocycles. The number of para-hydroxylation sites is 3. The number of hydrogen-bond acceptors (Lipinski definition) is 0. The van der Waals surface area contributed by atoms with E-state index in [2.05, 4.69) is 191 Å². The largest absolute Gasteiger partial charge is 0.309 e. The highest BCUT2D eigenvalue weighted by Gasteiger charge is 2.19. The van der Waals surface area contributed by atoms with E-state index in [0.717, 1.165) is 0 Å². The van der Waals surface area contributed by atoms with Crippen molar-refractivity contribution < 1.29 is 0 Å². The first-order valence-electron chi connectivity index (χ1n) is 17.3. The first-order valence-corrected chi connectivity index (χ1v) is 17.3. The Morgan fingerprint density at radius 2 is 0.900 bits per heavy atom. The average Bonchev–Trinajstić information content (AvgIpc) is 3.70. The molecule has 0 amide bonds. The summed E-state index contributed by atoms with van der Waals surface area (Å²) in [5, 5.41) is 12.7. The van der Waals surface area contributed by atoms with Crippen LogP contribution in [0.5, 0.6) is 0 Å². The summed E-state index contributed by atoms with van der Waals surface area (Å²) >= 11 is 0. The minimum atomic E-state index is 1.17. The second kappa shape index (κ2) is 10.4. The Balaban J connectivity index is 1.22. The quantitative estimate of drug-likeness (QED) is 0.171. The van der Waals surface area contributed by atoms with Crippen LogP contribution in [0.15, 0.2) is 182 Å².